The number of rotatable bonds is 17. The number of aliphatic carboxylic acids is 1. The minimum Gasteiger partial charge on any atom is -0.479 e. The van der Waals surface area contributed by atoms with Gasteiger partial charge in [0.1, 0.15) is 24.1 Å². The van der Waals surface area contributed by atoms with Crippen LogP contribution in [0.3, 0.4) is 0 Å². The van der Waals surface area contributed by atoms with E-state index >= 15 is 0 Å². The quantitative estimate of drug-likeness (QED) is 0.0913. The predicted molar refractivity (Wildman–Crippen MR) is 186 cm³/mol. The lowest BCUT2D eigenvalue weighted by Gasteiger charge is -2.53. The first-order chi connectivity index (χ1) is 24.9. The number of aliphatic hydroxyl groups is 4. The molecule has 12 atom stereocenters. The number of ether oxygens (including phenoxy) is 2. The number of hydrogen-bond donors (Lipinski definition) is 5. The molecule has 1 aromatic carbocycles. The summed E-state index contributed by atoms with van der Waals surface area (Å²) in [4.78, 5) is 11.6. The molecule has 4 unspecified atom stereocenters. The van der Waals surface area contributed by atoms with Gasteiger partial charge in [0.15, 0.2) is 6.10 Å². The summed E-state index contributed by atoms with van der Waals surface area (Å²) < 4.78 is 86.3. The van der Waals surface area contributed by atoms with Crippen LogP contribution in [0.4, 0.5) is 22.0 Å². The summed E-state index contributed by atoms with van der Waals surface area (Å²) in [5.74, 6) is -4.22. The molecule has 53 heavy (non-hydrogen) atoms. The third kappa shape index (κ3) is 9.56. The number of carboxylic acid groups (broad SMARTS) is 1. The van der Waals surface area contributed by atoms with Crippen LogP contribution in [0.2, 0.25) is 0 Å². The normalized spacial score (nSPS) is 34.9. The second kappa shape index (κ2) is 17.5. The second-order valence-corrected chi connectivity index (χ2v) is 17.7. The molecule has 5 rings (SSSR count). The lowest BCUT2D eigenvalue weighted by atomic mass is 9.52. The van der Waals surface area contributed by atoms with Gasteiger partial charge in [0.2, 0.25) is 6.29 Å². The van der Waals surface area contributed by atoms with Gasteiger partial charge in [-0.25, -0.2) is 4.79 Å². The van der Waals surface area contributed by atoms with Gasteiger partial charge in [0.05, 0.1) is 6.10 Å². The van der Waals surface area contributed by atoms with Gasteiger partial charge in [0, 0.05) is 28.7 Å². The SMILES string of the molecule is C[C@]12CC[C@H]3c4ccc(O[C@@H]5OC(C(=O)O)[C@@H](O)C(O)C5O)cc4C[C@H](CCCCCCCCCS(=O)CCCC(F)(F)C(F)(F)F)[C@H]3[C@H]1CC[C@@H]2O. The Kier molecular flexibility index (Phi) is 13.9. The number of alkyl halides is 5. The number of hydrogen-bond acceptors (Lipinski definition) is 8. The van der Waals surface area contributed by atoms with Crippen LogP contribution in [-0.2, 0) is 26.8 Å². The molecule has 0 bridgehead atoms. The van der Waals surface area contributed by atoms with Gasteiger partial charge < -0.3 is 35.0 Å². The summed E-state index contributed by atoms with van der Waals surface area (Å²) in [6, 6.07) is 5.71. The Hall–Kier alpha value is -1.91. The minimum absolute atomic E-state index is 0.113. The molecule has 0 amide bonds. The Balaban J connectivity index is 1.12. The molecule has 1 heterocycles. The van der Waals surface area contributed by atoms with Crippen LogP contribution in [0, 0.1) is 23.2 Å². The van der Waals surface area contributed by atoms with Crippen LogP contribution >= 0.6 is 0 Å². The van der Waals surface area contributed by atoms with Gasteiger partial charge in [-0.2, -0.15) is 22.0 Å². The fourth-order valence-corrected chi connectivity index (χ4v) is 10.8. The maximum atomic E-state index is 13.1. The van der Waals surface area contributed by atoms with Crippen molar-refractivity contribution in [2.75, 3.05) is 11.5 Å². The monoisotopic (exact) mass is 782 g/mol. The molecule has 1 aromatic rings. The van der Waals surface area contributed by atoms with Crippen molar-refractivity contribution in [1.29, 1.82) is 0 Å². The maximum absolute atomic E-state index is 13.1. The van der Waals surface area contributed by atoms with E-state index in [-0.39, 0.29) is 17.3 Å². The second-order valence-electron chi connectivity index (χ2n) is 16.0. The number of halogens is 5. The van der Waals surface area contributed by atoms with Gasteiger partial charge in [-0.05, 0) is 104 Å². The molecule has 302 valence electrons. The Labute approximate surface area is 310 Å². The Morgan fingerprint density at radius 3 is 2.25 bits per heavy atom. The van der Waals surface area contributed by atoms with Crippen LogP contribution in [0.15, 0.2) is 18.2 Å². The van der Waals surface area contributed by atoms with Crippen molar-refractivity contribution in [3.8, 4) is 5.75 Å². The van der Waals surface area contributed by atoms with Gasteiger partial charge in [-0.3, -0.25) is 4.21 Å². The van der Waals surface area contributed by atoms with E-state index in [2.05, 4.69) is 6.92 Å². The molecular weight excluding hydrogens is 727 g/mol. The van der Waals surface area contributed by atoms with E-state index in [9.17, 15) is 56.5 Å². The number of aliphatic hydroxyl groups excluding tert-OH is 4. The first-order valence-corrected chi connectivity index (χ1v) is 20.6. The number of carbonyl (C=O) groups is 1. The van der Waals surface area contributed by atoms with Crippen LogP contribution in [0.1, 0.15) is 114 Å². The molecule has 0 radical (unpaired) electrons. The minimum atomic E-state index is -5.58. The summed E-state index contributed by atoms with van der Waals surface area (Å²) in [6.07, 6.45) is -4.22. The van der Waals surface area contributed by atoms with Gasteiger partial charge >= 0.3 is 18.1 Å². The van der Waals surface area contributed by atoms with Gasteiger partial charge in [0.25, 0.3) is 0 Å². The van der Waals surface area contributed by atoms with E-state index in [4.69, 9.17) is 9.47 Å². The molecule has 0 aromatic heterocycles. The van der Waals surface area contributed by atoms with E-state index in [1.165, 1.54) is 5.56 Å². The van der Waals surface area contributed by atoms with Crippen molar-refractivity contribution >= 4 is 16.8 Å². The highest BCUT2D eigenvalue weighted by molar-refractivity contribution is 7.84. The Bertz CT molecular complexity index is 1410. The number of unbranched alkanes of at least 4 members (excludes halogenated alkanes) is 6. The Morgan fingerprint density at radius 1 is 0.906 bits per heavy atom. The third-order valence-corrected chi connectivity index (χ3v) is 14.1. The average Bonchev–Trinajstić information content (AvgIpc) is 3.40. The molecule has 4 aliphatic rings. The topological polar surface area (TPSA) is 154 Å². The molecule has 3 aliphatic carbocycles. The molecule has 0 spiro atoms. The maximum Gasteiger partial charge on any atom is 0.453 e. The highest BCUT2D eigenvalue weighted by Gasteiger charge is 2.57. The van der Waals surface area contributed by atoms with Crippen molar-refractivity contribution in [3.63, 3.8) is 0 Å². The van der Waals surface area contributed by atoms with Crippen LogP contribution in [0.25, 0.3) is 0 Å². The van der Waals surface area contributed by atoms with Crippen molar-refractivity contribution in [1.82, 2.24) is 0 Å². The summed E-state index contributed by atoms with van der Waals surface area (Å²) in [5.41, 5.74) is 2.24. The molecular formula is C38H55F5O9S. The summed E-state index contributed by atoms with van der Waals surface area (Å²) in [5, 5.41) is 51.2. The van der Waals surface area contributed by atoms with Crippen LogP contribution in [0.5, 0.6) is 5.75 Å². The predicted octanol–water partition coefficient (Wildman–Crippen LogP) is 6.25. The van der Waals surface area contributed by atoms with Crippen LogP contribution < -0.4 is 4.74 Å². The zero-order chi connectivity index (χ0) is 38.7. The first-order valence-electron chi connectivity index (χ1n) is 19.1. The van der Waals surface area contributed by atoms with Crippen molar-refractivity contribution in [3.05, 3.63) is 29.3 Å². The highest BCUT2D eigenvalue weighted by atomic mass is 32.2. The largest absolute Gasteiger partial charge is 0.479 e. The lowest BCUT2D eigenvalue weighted by molar-refractivity contribution is -0.284. The zero-order valence-corrected chi connectivity index (χ0v) is 31.0. The first kappa shape index (κ1) is 42.2. The fraction of sp³-hybridized carbons (Fsp3) is 0.816. The smallest absolute Gasteiger partial charge is 0.453 e. The van der Waals surface area contributed by atoms with Crippen molar-refractivity contribution in [2.24, 2.45) is 23.2 Å². The van der Waals surface area contributed by atoms with Crippen molar-refractivity contribution in [2.45, 2.75) is 158 Å². The molecule has 2 saturated carbocycles. The van der Waals surface area contributed by atoms with Crippen LogP contribution in [-0.4, -0.2) is 96.1 Å². The Morgan fingerprint density at radius 2 is 1.57 bits per heavy atom. The van der Waals surface area contributed by atoms with E-state index in [0.717, 1.165) is 82.6 Å². The summed E-state index contributed by atoms with van der Waals surface area (Å²) >= 11 is 0. The number of fused-ring (bicyclic) bond motifs is 5. The third-order valence-electron chi connectivity index (χ3n) is 12.6. The average molecular weight is 783 g/mol. The number of benzene rings is 1. The summed E-state index contributed by atoms with van der Waals surface area (Å²) in [6.45, 7) is 2.24. The molecule has 3 fully saturated rings. The number of carboxylic acids is 1. The van der Waals surface area contributed by atoms with E-state index in [1.54, 1.807) is 6.07 Å². The molecule has 1 saturated heterocycles. The van der Waals surface area contributed by atoms with Gasteiger partial charge in [-0.15, -0.1) is 0 Å². The standard InChI is InChI=1S/C38H55F5O9S/c1-36-17-15-26-25-12-11-24(51-35-32(47)30(45)31(46)33(52-35)34(48)49)21-23(25)20-22(29(26)27(36)13-14-28(36)44)10-7-5-3-2-4-6-8-18-53(50)19-9-16-37(39,40)38(41,42)43/h11-12,21-22,26-33,35,44-47H,2-10,13-20H2,1H3,(H,48,49)/t22-,26-,27+,28-,29+,30?,31-,32?,33?,35+,36-,53?/m0/s1. The molecule has 15 heteroatoms. The van der Waals surface area contributed by atoms with E-state index < -0.39 is 72.4 Å². The lowest BCUT2D eigenvalue weighted by Crippen LogP contribution is -2.61. The molecule has 1 aliphatic heterocycles. The fourth-order valence-electron chi connectivity index (χ4n) is 9.63. The van der Waals surface area contributed by atoms with Crippen molar-refractivity contribution < 1.29 is 66.0 Å². The van der Waals surface area contributed by atoms with E-state index in [1.807, 2.05) is 12.1 Å². The van der Waals surface area contributed by atoms with E-state index in [0.29, 0.717) is 41.6 Å². The highest BCUT2D eigenvalue weighted by Crippen LogP contribution is 2.63. The zero-order valence-electron chi connectivity index (χ0n) is 30.2. The molecule has 9 nitrogen and oxygen atoms in total. The summed E-state index contributed by atoms with van der Waals surface area (Å²) in [7, 11) is -1.41. The molecule has 5 N–H and O–H groups in total. The van der Waals surface area contributed by atoms with Gasteiger partial charge in [-0.1, -0.05) is 51.5 Å².